The first-order valence-corrected chi connectivity index (χ1v) is 8.62. The zero-order valence-electron chi connectivity index (χ0n) is 15.8. The van der Waals surface area contributed by atoms with E-state index in [4.69, 9.17) is 9.15 Å². The molecule has 1 aromatic carbocycles. The first kappa shape index (κ1) is 19.7. The van der Waals surface area contributed by atoms with Crippen LogP contribution in [0.3, 0.4) is 0 Å². The van der Waals surface area contributed by atoms with Crippen molar-refractivity contribution in [3.05, 3.63) is 59.0 Å². The number of nitrogens with zero attached hydrogens (tertiary/aromatic N) is 2. The normalized spacial score (nSPS) is 10.8. The van der Waals surface area contributed by atoms with E-state index < -0.39 is 5.97 Å². The van der Waals surface area contributed by atoms with E-state index in [2.05, 4.69) is 0 Å². The van der Waals surface area contributed by atoms with Crippen LogP contribution >= 0.6 is 0 Å². The zero-order valence-corrected chi connectivity index (χ0v) is 15.8. The Bertz CT molecular complexity index is 740. The smallest absolute Gasteiger partial charge is 0.341 e. The summed E-state index contributed by atoms with van der Waals surface area (Å²) in [7, 11) is 3.19. The quantitative estimate of drug-likeness (QED) is 0.679. The third kappa shape index (κ3) is 5.20. The van der Waals surface area contributed by atoms with E-state index in [1.165, 1.54) is 7.11 Å². The lowest BCUT2D eigenvalue weighted by atomic mass is 10.2. The van der Waals surface area contributed by atoms with Crippen molar-refractivity contribution < 1.29 is 18.7 Å². The van der Waals surface area contributed by atoms with Crippen molar-refractivity contribution in [3.8, 4) is 0 Å². The van der Waals surface area contributed by atoms with Crippen molar-refractivity contribution in [2.75, 3.05) is 27.2 Å². The van der Waals surface area contributed by atoms with Crippen LogP contribution < -0.4 is 0 Å². The van der Waals surface area contributed by atoms with E-state index in [0.717, 1.165) is 5.56 Å². The second-order valence-corrected chi connectivity index (χ2v) is 6.24. The monoisotopic (exact) mass is 358 g/mol. The van der Waals surface area contributed by atoms with Crippen LogP contribution in [-0.4, -0.2) is 48.9 Å². The van der Waals surface area contributed by atoms with Gasteiger partial charge in [0.2, 0.25) is 5.91 Å². The second kappa shape index (κ2) is 9.20. The maximum absolute atomic E-state index is 12.6. The molecule has 0 radical (unpaired) electrons. The molecule has 2 aromatic rings. The SMILES string of the molecule is CCN(Cc1ccccc1)C(=O)CN(C)Cc1cc(C(=O)OC)c(C)o1. The molecule has 0 aliphatic carbocycles. The molecular weight excluding hydrogens is 332 g/mol. The van der Waals surface area contributed by atoms with E-state index in [9.17, 15) is 9.59 Å². The Morgan fingerprint density at radius 3 is 2.46 bits per heavy atom. The molecule has 0 saturated carbocycles. The van der Waals surface area contributed by atoms with Crippen molar-refractivity contribution in [3.63, 3.8) is 0 Å². The molecule has 0 atom stereocenters. The number of hydrogen-bond donors (Lipinski definition) is 0. The largest absolute Gasteiger partial charge is 0.465 e. The molecule has 6 heteroatoms. The minimum atomic E-state index is -0.420. The number of amides is 1. The van der Waals surface area contributed by atoms with Crippen LogP contribution in [0, 0.1) is 6.92 Å². The molecule has 1 aromatic heterocycles. The lowest BCUT2D eigenvalue weighted by Crippen LogP contribution is -2.38. The van der Waals surface area contributed by atoms with E-state index in [-0.39, 0.29) is 12.5 Å². The van der Waals surface area contributed by atoms with Crippen LogP contribution in [0.2, 0.25) is 0 Å². The highest BCUT2D eigenvalue weighted by Crippen LogP contribution is 2.17. The van der Waals surface area contributed by atoms with Crippen LogP contribution in [0.5, 0.6) is 0 Å². The van der Waals surface area contributed by atoms with Gasteiger partial charge in [0.1, 0.15) is 17.1 Å². The maximum Gasteiger partial charge on any atom is 0.341 e. The summed E-state index contributed by atoms with van der Waals surface area (Å²) in [6, 6.07) is 11.6. The molecule has 0 fully saturated rings. The summed E-state index contributed by atoms with van der Waals surface area (Å²) in [5.41, 5.74) is 1.52. The van der Waals surface area contributed by atoms with Gasteiger partial charge in [-0.1, -0.05) is 30.3 Å². The molecule has 1 heterocycles. The molecule has 140 valence electrons. The molecule has 0 aliphatic heterocycles. The summed E-state index contributed by atoms with van der Waals surface area (Å²) in [6.45, 7) is 5.64. The van der Waals surface area contributed by atoms with E-state index in [1.807, 2.05) is 54.1 Å². The van der Waals surface area contributed by atoms with Crippen molar-refractivity contribution in [1.82, 2.24) is 9.80 Å². The van der Waals surface area contributed by atoms with Gasteiger partial charge in [0.15, 0.2) is 0 Å². The van der Waals surface area contributed by atoms with Crippen molar-refractivity contribution >= 4 is 11.9 Å². The van der Waals surface area contributed by atoms with Gasteiger partial charge < -0.3 is 14.1 Å². The lowest BCUT2D eigenvalue weighted by molar-refractivity contribution is -0.132. The first-order valence-electron chi connectivity index (χ1n) is 8.62. The standard InChI is InChI=1S/C20H26N2O4/c1-5-22(12-16-9-7-6-8-10-16)19(23)14-21(3)13-17-11-18(15(2)26-17)20(24)25-4/h6-11H,5,12-14H2,1-4H3. The van der Waals surface area contributed by atoms with Crippen molar-refractivity contribution in [1.29, 1.82) is 0 Å². The Morgan fingerprint density at radius 2 is 1.85 bits per heavy atom. The van der Waals surface area contributed by atoms with Crippen LogP contribution in [0.4, 0.5) is 0 Å². The molecular formula is C20H26N2O4. The zero-order chi connectivity index (χ0) is 19.1. The molecule has 0 unspecified atom stereocenters. The molecule has 6 nitrogen and oxygen atoms in total. The highest BCUT2D eigenvalue weighted by molar-refractivity contribution is 5.90. The molecule has 2 rings (SSSR count). The average molecular weight is 358 g/mol. The molecule has 0 spiro atoms. The summed E-state index contributed by atoms with van der Waals surface area (Å²) < 4.78 is 10.3. The first-order chi connectivity index (χ1) is 12.4. The Kier molecular flexibility index (Phi) is 6.97. The molecule has 0 bridgehead atoms. The average Bonchev–Trinajstić information content (AvgIpc) is 2.99. The fourth-order valence-corrected chi connectivity index (χ4v) is 2.77. The molecule has 0 aliphatic rings. The third-order valence-electron chi connectivity index (χ3n) is 4.16. The van der Waals surface area contributed by atoms with E-state index >= 15 is 0 Å². The summed E-state index contributed by atoms with van der Waals surface area (Å²) in [5, 5.41) is 0. The van der Waals surface area contributed by atoms with Gasteiger partial charge in [-0.25, -0.2) is 4.79 Å². The molecule has 26 heavy (non-hydrogen) atoms. The minimum absolute atomic E-state index is 0.0512. The number of furan rings is 1. The Morgan fingerprint density at radius 1 is 1.15 bits per heavy atom. The highest BCUT2D eigenvalue weighted by Gasteiger charge is 2.18. The number of ether oxygens (including phenoxy) is 1. The second-order valence-electron chi connectivity index (χ2n) is 6.24. The minimum Gasteiger partial charge on any atom is -0.465 e. The van der Waals surface area contributed by atoms with Gasteiger partial charge in [-0.3, -0.25) is 9.69 Å². The highest BCUT2D eigenvalue weighted by atomic mass is 16.5. The predicted molar refractivity (Wildman–Crippen MR) is 98.7 cm³/mol. The molecule has 0 N–H and O–H groups in total. The number of carbonyl (C=O) groups excluding carboxylic acids is 2. The van der Waals surface area contributed by atoms with Gasteiger partial charge in [-0.15, -0.1) is 0 Å². The number of esters is 1. The third-order valence-corrected chi connectivity index (χ3v) is 4.16. The number of hydrogen-bond acceptors (Lipinski definition) is 5. The number of likely N-dealkylation sites (N-methyl/N-ethyl adjacent to an activating group) is 2. The number of carbonyl (C=O) groups is 2. The van der Waals surface area contributed by atoms with Gasteiger partial charge in [0.25, 0.3) is 0 Å². The fourth-order valence-electron chi connectivity index (χ4n) is 2.77. The summed E-state index contributed by atoms with van der Waals surface area (Å²) >= 11 is 0. The summed E-state index contributed by atoms with van der Waals surface area (Å²) in [5.74, 6) is 0.779. The number of methoxy groups -OCH3 is 1. The molecule has 0 saturated heterocycles. The van der Waals surface area contributed by atoms with Crippen molar-refractivity contribution in [2.24, 2.45) is 0 Å². The molecule has 1 amide bonds. The van der Waals surface area contributed by atoms with Crippen molar-refractivity contribution in [2.45, 2.75) is 26.9 Å². The Hall–Kier alpha value is -2.60. The number of benzene rings is 1. The predicted octanol–water partition coefficient (Wildman–Crippen LogP) is 2.86. The summed E-state index contributed by atoms with van der Waals surface area (Å²) in [6.07, 6.45) is 0. The van der Waals surface area contributed by atoms with Gasteiger partial charge in [0, 0.05) is 13.1 Å². The van der Waals surface area contributed by atoms with Gasteiger partial charge in [-0.2, -0.15) is 0 Å². The van der Waals surface area contributed by atoms with E-state index in [0.29, 0.717) is 36.7 Å². The van der Waals surface area contributed by atoms with Crippen LogP contribution in [0.1, 0.15) is 34.4 Å². The number of aryl methyl sites for hydroxylation is 1. The van der Waals surface area contributed by atoms with Crippen LogP contribution in [0.15, 0.2) is 40.8 Å². The maximum atomic E-state index is 12.6. The van der Waals surface area contributed by atoms with Crippen LogP contribution in [-0.2, 0) is 22.6 Å². The Balaban J connectivity index is 1.94. The fraction of sp³-hybridized carbons (Fsp3) is 0.400. The summed E-state index contributed by atoms with van der Waals surface area (Å²) in [4.78, 5) is 27.9. The van der Waals surface area contributed by atoms with Gasteiger partial charge in [0.05, 0.1) is 20.2 Å². The van der Waals surface area contributed by atoms with E-state index in [1.54, 1.807) is 13.0 Å². The Labute approximate surface area is 154 Å². The van der Waals surface area contributed by atoms with Gasteiger partial charge in [-0.05, 0) is 32.5 Å². The lowest BCUT2D eigenvalue weighted by Gasteiger charge is -2.24. The van der Waals surface area contributed by atoms with Gasteiger partial charge >= 0.3 is 5.97 Å². The topological polar surface area (TPSA) is 63.0 Å². The number of rotatable bonds is 8. The van der Waals surface area contributed by atoms with Crippen LogP contribution in [0.25, 0.3) is 0 Å².